The number of sulfonamides is 1. The average molecular weight is 369 g/mol. The first-order valence-corrected chi connectivity index (χ1v) is 10.1. The highest BCUT2D eigenvalue weighted by molar-refractivity contribution is 7.89. The molecular formula is C17H28N4O3S. The highest BCUT2D eigenvalue weighted by Crippen LogP contribution is 2.14. The zero-order valence-electron chi connectivity index (χ0n) is 15.2. The van der Waals surface area contributed by atoms with Gasteiger partial charge in [0.2, 0.25) is 10.0 Å². The Morgan fingerprint density at radius 1 is 1.20 bits per heavy atom. The largest absolute Gasteiger partial charge is 0.336 e. The van der Waals surface area contributed by atoms with Gasteiger partial charge in [-0.05, 0) is 38.8 Å². The van der Waals surface area contributed by atoms with Gasteiger partial charge < -0.3 is 14.7 Å². The molecule has 1 aromatic carbocycles. The SMILES string of the molecule is CCN1CCN(C(=O)c2cccc(S(=O)(=O)NCCN(C)C)c2)CC1. The number of hydrogen-bond donors (Lipinski definition) is 1. The second-order valence-electron chi connectivity index (χ2n) is 6.46. The van der Waals surface area contributed by atoms with Gasteiger partial charge in [-0.3, -0.25) is 4.79 Å². The average Bonchev–Trinajstić information content (AvgIpc) is 2.61. The molecular weight excluding hydrogens is 340 g/mol. The van der Waals surface area contributed by atoms with E-state index in [1.807, 2.05) is 19.0 Å². The number of rotatable bonds is 7. The molecule has 0 saturated carbocycles. The molecule has 140 valence electrons. The second-order valence-corrected chi connectivity index (χ2v) is 8.22. The number of piperazine rings is 1. The first kappa shape index (κ1) is 19.8. The Hall–Kier alpha value is -1.48. The number of carbonyl (C=O) groups is 1. The van der Waals surface area contributed by atoms with Crippen molar-refractivity contribution in [3.8, 4) is 0 Å². The Balaban J connectivity index is 2.06. The molecule has 0 spiro atoms. The van der Waals surface area contributed by atoms with Crippen LogP contribution in [0.1, 0.15) is 17.3 Å². The Morgan fingerprint density at radius 3 is 2.48 bits per heavy atom. The van der Waals surface area contributed by atoms with Gasteiger partial charge in [-0.2, -0.15) is 0 Å². The molecule has 1 saturated heterocycles. The molecule has 1 heterocycles. The van der Waals surface area contributed by atoms with Crippen LogP contribution in [0.4, 0.5) is 0 Å². The lowest BCUT2D eigenvalue weighted by molar-refractivity contribution is 0.0643. The van der Waals surface area contributed by atoms with Gasteiger partial charge in [0.15, 0.2) is 0 Å². The quantitative estimate of drug-likeness (QED) is 0.750. The summed E-state index contributed by atoms with van der Waals surface area (Å²) in [6, 6.07) is 6.28. The molecule has 0 radical (unpaired) electrons. The number of likely N-dealkylation sites (N-methyl/N-ethyl adjacent to an activating group) is 2. The monoisotopic (exact) mass is 368 g/mol. The van der Waals surface area contributed by atoms with Gasteiger partial charge in [0.25, 0.3) is 5.91 Å². The third kappa shape index (κ3) is 5.50. The molecule has 25 heavy (non-hydrogen) atoms. The molecule has 0 aromatic heterocycles. The van der Waals surface area contributed by atoms with Gasteiger partial charge in [0, 0.05) is 44.8 Å². The molecule has 0 aliphatic carbocycles. The normalized spacial score (nSPS) is 16.4. The van der Waals surface area contributed by atoms with Crippen molar-refractivity contribution in [2.24, 2.45) is 0 Å². The fourth-order valence-electron chi connectivity index (χ4n) is 2.73. The van der Waals surface area contributed by atoms with E-state index in [2.05, 4.69) is 16.5 Å². The summed E-state index contributed by atoms with van der Waals surface area (Å²) in [4.78, 5) is 18.8. The lowest BCUT2D eigenvalue weighted by Crippen LogP contribution is -2.48. The number of amides is 1. The van der Waals surface area contributed by atoms with Crippen molar-refractivity contribution in [3.63, 3.8) is 0 Å². The second kappa shape index (κ2) is 8.75. The molecule has 0 atom stereocenters. The molecule has 7 nitrogen and oxygen atoms in total. The smallest absolute Gasteiger partial charge is 0.253 e. The molecule has 1 aromatic rings. The van der Waals surface area contributed by atoms with Gasteiger partial charge in [-0.25, -0.2) is 13.1 Å². The maximum atomic E-state index is 12.7. The topological polar surface area (TPSA) is 73.0 Å². The predicted octanol–water partition coefficient (Wildman–Crippen LogP) is 0.304. The van der Waals surface area contributed by atoms with Crippen molar-refractivity contribution in [2.45, 2.75) is 11.8 Å². The van der Waals surface area contributed by atoms with Crippen LogP contribution in [0.2, 0.25) is 0 Å². The van der Waals surface area contributed by atoms with Gasteiger partial charge >= 0.3 is 0 Å². The van der Waals surface area contributed by atoms with Crippen LogP contribution in [0.5, 0.6) is 0 Å². The summed E-state index contributed by atoms with van der Waals surface area (Å²) in [6.07, 6.45) is 0. The molecule has 1 aliphatic rings. The van der Waals surface area contributed by atoms with Crippen LogP contribution in [0, 0.1) is 0 Å². The minimum Gasteiger partial charge on any atom is -0.336 e. The predicted molar refractivity (Wildman–Crippen MR) is 98.2 cm³/mol. The van der Waals surface area contributed by atoms with Gasteiger partial charge in [0.05, 0.1) is 4.90 Å². The molecule has 1 fully saturated rings. The summed E-state index contributed by atoms with van der Waals surface area (Å²) >= 11 is 0. The third-order valence-electron chi connectivity index (χ3n) is 4.35. The van der Waals surface area contributed by atoms with Crippen LogP contribution in [0.15, 0.2) is 29.2 Å². The Morgan fingerprint density at radius 2 is 1.88 bits per heavy atom. The molecule has 8 heteroatoms. The van der Waals surface area contributed by atoms with Gasteiger partial charge in [-0.1, -0.05) is 13.0 Å². The molecule has 0 bridgehead atoms. The van der Waals surface area contributed by atoms with Crippen LogP contribution >= 0.6 is 0 Å². The van der Waals surface area contributed by atoms with Crippen LogP contribution in [-0.4, -0.2) is 88.9 Å². The third-order valence-corrected chi connectivity index (χ3v) is 5.81. The number of nitrogens with one attached hydrogen (secondary N) is 1. The van der Waals surface area contributed by atoms with Crippen molar-refractivity contribution >= 4 is 15.9 Å². The fraction of sp³-hybridized carbons (Fsp3) is 0.588. The zero-order valence-corrected chi connectivity index (χ0v) is 16.1. The van der Waals surface area contributed by atoms with E-state index in [-0.39, 0.29) is 10.8 Å². The van der Waals surface area contributed by atoms with E-state index in [1.165, 1.54) is 12.1 Å². The zero-order chi connectivity index (χ0) is 18.4. The lowest BCUT2D eigenvalue weighted by Gasteiger charge is -2.34. The highest BCUT2D eigenvalue weighted by atomic mass is 32.2. The van der Waals surface area contributed by atoms with Crippen LogP contribution in [-0.2, 0) is 10.0 Å². The van der Waals surface area contributed by atoms with E-state index in [0.717, 1.165) is 19.6 Å². The molecule has 1 aliphatic heterocycles. The van der Waals surface area contributed by atoms with Gasteiger partial charge in [-0.15, -0.1) is 0 Å². The van der Waals surface area contributed by atoms with E-state index in [0.29, 0.717) is 31.7 Å². The number of nitrogens with zero attached hydrogens (tertiary/aromatic N) is 3. The summed E-state index contributed by atoms with van der Waals surface area (Å²) in [5.74, 6) is -0.110. The Kier molecular flexibility index (Phi) is 6.95. The van der Waals surface area contributed by atoms with Crippen molar-refractivity contribution in [1.29, 1.82) is 0 Å². The standard InChI is InChI=1S/C17H28N4O3S/c1-4-20-10-12-21(13-11-20)17(22)15-6-5-7-16(14-15)25(23,24)18-8-9-19(2)3/h5-7,14,18H,4,8-13H2,1-3H3. The van der Waals surface area contributed by atoms with Crippen LogP contribution in [0.25, 0.3) is 0 Å². The molecule has 1 amide bonds. The van der Waals surface area contributed by atoms with E-state index in [1.54, 1.807) is 17.0 Å². The molecule has 1 N–H and O–H groups in total. The minimum atomic E-state index is -3.61. The Labute approximate surface area is 150 Å². The number of benzene rings is 1. The maximum absolute atomic E-state index is 12.7. The van der Waals surface area contributed by atoms with E-state index >= 15 is 0 Å². The molecule has 2 rings (SSSR count). The molecule has 0 unspecified atom stereocenters. The minimum absolute atomic E-state index is 0.110. The fourth-order valence-corrected chi connectivity index (χ4v) is 3.80. The summed E-state index contributed by atoms with van der Waals surface area (Å²) in [5.41, 5.74) is 0.417. The van der Waals surface area contributed by atoms with E-state index in [9.17, 15) is 13.2 Å². The van der Waals surface area contributed by atoms with Crippen molar-refractivity contribution < 1.29 is 13.2 Å². The van der Waals surface area contributed by atoms with E-state index in [4.69, 9.17) is 0 Å². The first-order chi connectivity index (χ1) is 11.8. The lowest BCUT2D eigenvalue weighted by atomic mass is 10.2. The first-order valence-electron chi connectivity index (χ1n) is 8.59. The Bertz CT molecular complexity index is 683. The number of carbonyl (C=O) groups excluding carboxylic acids is 1. The summed E-state index contributed by atoms with van der Waals surface area (Å²) in [7, 11) is 0.151. The maximum Gasteiger partial charge on any atom is 0.253 e. The van der Waals surface area contributed by atoms with Gasteiger partial charge in [0.1, 0.15) is 0 Å². The van der Waals surface area contributed by atoms with Crippen LogP contribution in [0.3, 0.4) is 0 Å². The van der Waals surface area contributed by atoms with E-state index < -0.39 is 10.0 Å². The summed E-state index contributed by atoms with van der Waals surface area (Å²) in [6.45, 7) is 7.07. The van der Waals surface area contributed by atoms with Crippen molar-refractivity contribution in [1.82, 2.24) is 19.4 Å². The van der Waals surface area contributed by atoms with Crippen molar-refractivity contribution in [3.05, 3.63) is 29.8 Å². The summed E-state index contributed by atoms with van der Waals surface area (Å²) in [5, 5.41) is 0. The van der Waals surface area contributed by atoms with Crippen molar-refractivity contribution in [2.75, 3.05) is 59.9 Å². The highest BCUT2D eigenvalue weighted by Gasteiger charge is 2.23. The van der Waals surface area contributed by atoms with Crippen LogP contribution < -0.4 is 4.72 Å². The number of hydrogen-bond acceptors (Lipinski definition) is 5. The summed E-state index contributed by atoms with van der Waals surface area (Å²) < 4.78 is 27.3.